The van der Waals surface area contributed by atoms with E-state index in [2.05, 4.69) is 6.92 Å². The van der Waals surface area contributed by atoms with Gasteiger partial charge in [-0.1, -0.05) is 90.9 Å². The van der Waals surface area contributed by atoms with Crippen LogP contribution in [-0.4, -0.2) is 95.0 Å². The summed E-state index contributed by atoms with van der Waals surface area (Å²) in [6.07, 6.45) is 16.4. The van der Waals surface area contributed by atoms with E-state index in [-0.39, 0.29) is 31.2 Å². The van der Waals surface area contributed by atoms with Crippen LogP contribution in [0.5, 0.6) is 0 Å². The standard InChI is InChI=1S/C23H45NO4.C5H10O3.C4H6O3/c1-5-6-7-8-9-10-11-12-13-14-15-16-17-18-23(27)28-21(19-22(25)26)20-24(2,3)4;1-2-4(3-6)5(7)8;1-3(5)2-4(6)7/h21H,5-20H2,1-4H3;4,6H,2-3H2,1H3,(H,7,8);2H2,1H3,(H,6,7)/p+1. The number of carboxylic acids is 3. The lowest BCUT2D eigenvalue weighted by atomic mass is 10.0. The van der Waals surface area contributed by atoms with Crippen LogP contribution in [0.15, 0.2) is 0 Å². The summed E-state index contributed by atoms with van der Waals surface area (Å²) in [5.41, 5.74) is 0. The van der Waals surface area contributed by atoms with E-state index in [0.717, 1.165) is 12.8 Å². The Morgan fingerprint density at radius 3 is 1.40 bits per heavy atom. The van der Waals surface area contributed by atoms with Gasteiger partial charge in [0.1, 0.15) is 18.7 Å². The Morgan fingerprint density at radius 1 is 0.698 bits per heavy atom. The highest BCUT2D eigenvalue weighted by molar-refractivity contribution is 5.93. The Labute approximate surface area is 259 Å². The van der Waals surface area contributed by atoms with Gasteiger partial charge < -0.3 is 29.6 Å². The first-order valence-corrected chi connectivity index (χ1v) is 15.9. The van der Waals surface area contributed by atoms with E-state index in [0.29, 0.717) is 23.9 Å². The largest absolute Gasteiger partial charge is 0.481 e. The van der Waals surface area contributed by atoms with Crippen LogP contribution in [0.3, 0.4) is 0 Å². The molecule has 43 heavy (non-hydrogen) atoms. The molecule has 0 amide bonds. The van der Waals surface area contributed by atoms with Crippen molar-refractivity contribution in [3.8, 4) is 0 Å². The molecular weight excluding hydrogens is 558 g/mol. The van der Waals surface area contributed by atoms with Gasteiger partial charge in [0, 0.05) is 6.42 Å². The zero-order valence-electron chi connectivity index (χ0n) is 27.8. The monoisotopic (exact) mass is 620 g/mol. The third kappa shape index (κ3) is 39.5. The lowest BCUT2D eigenvalue weighted by Crippen LogP contribution is -2.43. The summed E-state index contributed by atoms with van der Waals surface area (Å²) in [7, 11) is 5.90. The molecule has 0 aliphatic rings. The van der Waals surface area contributed by atoms with Gasteiger partial charge in [0.2, 0.25) is 0 Å². The maximum absolute atomic E-state index is 12.0. The molecule has 4 N–H and O–H groups in total. The molecule has 2 atom stereocenters. The van der Waals surface area contributed by atoms with E-state index in [1.54, 1.807) is 6.92 Å². The molecule has 0 aromatic rings. The maximum atomic E-state index is 12.0. The molecule has 0 rings (SSSR count). The predicted octanol–water partition coefficient (Wildman–Crippen LogP) is 5.70. The molecule has 0 heterocycles. The topological polar surface area (TPSA) is 176 Å². The number of unbranched alkanes of at least 4 members (excludes halogenated alkanes) is 12. The molecule has 0 aromatic carbocycles. The number of Topliss-reactive ketones (excluding diaryl/α,β-unsaturated/α-hetero) is 1. The average molecular weight is 621 g/mol. The first-order chi connectivity index (χ1) is 20.1. The molecule has 0 saturated heterocycles. The van der Waals surface area contributed by atoms with Crippen molar-refractivity contribution < 1.29 is 53.6 Å². The second-order valence-electron chi connectivity index (χ2n) is 12.1. The highest BCUT2D eigenvalue weighted by Crippen LogP contribution is 2.14. The minimum absolute atomic E-state index is 0.125. The third-order valence-corrected chi connectivity index (χ3v) is 6.40. The minimum Gasteiger partial charge on any atom is -0.481 e. The van der Waals surface area contributed by atoms with E-state index in [4.69, 9.17) is 25.2 Å². The summed E-state index contributed by atoms with van der Waals surface area (Å²) in [5, 5.41) is 33.4. The summed E-state index contributed by atoms with van der Waals surface area (Å²) in [6.45, 7) is 5.48. The van der Waals surface area contributed by atoms with Crippen molar-refractivity contribution in [3.05, 3.63) is 0 Å². The van der Waals surface area contributed by atoms with Crippen LogP contribution in [0.2, 0.25) is 0 Å². The molecule has 0 aliphatic carbocycles. The number of quaternary nitrogens is 1. The van der Waals surface area contributed by atoms with Crippen LogP contribution in [-0.2, 0) is 28.7 Å². The minimum atomic E-state index is -1.06. The molecule has 0 radical (unpaired) electrons. The summed E-state index contributed by atoms with van der Waals surface area (Å²) < 4.78 is 5.98. The molecule has 0 aliphatic heterocycles. The number of aliphatic hydroxyl groups excluding tert-OH is 1. The molecule has 0 bridgehead atoms. The molecule has 0 spiro atoms. The van der Waals surface area contributed by atoms with Gasteiger partial charge in [-0.15, -0.1) is 0 Å². The summed E-state index contributed by atoms with van der Waals surface area (Å²) in [5.74, 6) is -4.06. The van der Waals surface area contributed by atoms with Gasteiger partial charge in [0.15, 0.2) is 6.10 Å². The number of hydrogen-bond acceptors (Lipinski definition) is 7. The zero-order valence-corrected chi connectivity index (χ0v) is 27.8. The Balaban J connectivity index is -0.000000867. The van der Waals surface area contributed by atoms with Crippen LogP contribution < -0.4 is 0 Å². The van der Waals surface area contributed by atoms with E-state index in [1.165, 1.54) is 77.6 Å². The van der Waals surface area contributed by atoms with Gasteiger partial charge in [0.05, 0.1) is 40.1 Å². The molecule has 11 nitrogen and oxygen atoms in total. The van der Waals surface area contributed by atoms with Gasteiger partial charge in [-0.05, 0) is 19.8 Å². The Kier molecular flexibility index (Phi) is 30.8. The normalized spacial score (nSPS) is 12.1. The van der Waals surface area contributed by atoms with Gasteiger partial charge in [0.25, 0.3) is 0 Å². The number of aliphatic hydroxyl groups is 1. The number of hydrogen-bond donors (Lipinski definition) is 4. The Bertz CT molecular complexity index is 733. The van der Waals surface area contributed by atoms with Crippen LogP contribution in [0.25, 0.3) is 0 Å². The highest BCUT2D eigenvalue weighted by atomic mass is 16.5. The van der Waals surface area contributed by atoms with E-state index < -0.39 is 29.9 Å². The Hall–Kier alpha value is -2.53. The van der Waals surface area contributed by atoms with Gasteiger partial charge >= 0.3 is 23.9 Å². The molecule has 254 valence electrons. The summed E-state index contributed by atoms with van der Waals surface area (Å²) >= 11 is 0. The first-order valence-electron chi connectivity index (χ1n) is 15.9. The van der Waals surface area contributed by atoms with Crippen molar-refractivity contribution >= 4 is 29.7 Å². The van der Waals surface area contributed by atoms with Crippen molar-refractivity contribution in [3.63, 3.8) is 0 Å². The van der Waals surface area contributed by atoms with Crippen molar-refractivity contribution in [1.82, 2.24) is 0 Å². The van der Waals surface area contributed by atoms with Crippen molar-refractivity contribution in [2.45, 2.75) is 136 Å². The maximum Gasteiger partial charge on any atom is 0.310 e. The lowest BCUT2D eigenvalue weighted by molar-refractivity contribution is -0.873. The van der Waals surface area contributed by atoms with Crippen LogP contribution in [0.1, 0.15) is 130 Å². The van der Waals surface area contributed by atoms with Crippen molar-refractivity contribution in [1.29, 1.82) is 0 Å². The SMILES string of the molecule is CC(=O)CC(=O)O.CCC(CO)C(=O)O.CCCCCCCCCCCCCCCC(=O)OC(CC(=O)O)C[N+](C)(C)C. The number of carbonyl (C=O) groups is 5. The number of ether oxygens (including phenoxy) is 1. The number of rotatable bonds is 24. The van der Waals surface area contributed by atoms with E-state index in [9.17, 15) is 24.0 Å². The van der Waals surface area contributed by atoms with E-state index in [1.807, 2.05) is 21.1 Å². The number of ketones is 1. The van der Waals surface area contributed by atoms with Crippen molar-refractivity contribution in [2.75, 3.05) is 34.3 Å². The number of carbonyl (C=O) groups excluding carboxylic acids is 2. The Morgan fingerprint density at radius 2 is 1.14 bits per heavy atom. The fourth-order valence-corrected chi connectivity index (χ4v) is 4.08. The van der Waals surface area contributed by atoms with Gasteiger partial charge in [-0.3, -0.25) is 24.0 Å². The molecule has 0 saturated carbocycles. The first kappa shape index (κ1) is 44.9. The zero-order chi connectivity index (χ0) is 33.7. The lowest BCUT2D eigenvalue weighted by Gasteiger charge is -2.28. The van der Waals surface area contributed by atoms with Crippen LogP contribution in [0.4, 0.5) is 0 Å². The predicted molar refractivity (Wildman–Crippen MR) is 167 cm³/mol. The molecule has 0 fully saturated rings. The quantitative estimate of drug-likeness (QED) is 0.0453. The number of nitrogens with zero attached hydrogens (tertiary/aromatic N) is 1. The van der Waals surface area contributed by atoms with Crippen LogP contribution >= 0.6 is 0 Å². The summed E-state index contributed by atoms with van der Waals surface area (Å²) in [4.78, 5) is 52.4. The second kappa shape index (κ2) is 29.5. The molecule has 11 heteroatoms. The summed E-state index contributed by atoms with van der Waals surface area (Å²) in [6, 6.07) is 0. The molecule has 0 aromatic heterocycles. The number of carboxylic acid groups (broad SMARTS) is 3. The smallest absolute Gasteiger partial charge is 0.310 e. The fourth-order valence-electron chi connectivity index (χ4n) is 4.08. The van der Waals surface area contributed by atoms with Gasteiger partial charge in [-0.25, -0.2) is 0 Å². The highest BCUT2D eigenvalue weighted by Gasteiger charge is 2.24. The van der Waals surface area contributed by atoms with Gasteiger partial charge in [-0.2, -0.15) is 0 Å². The molecular formula is C32H62NO10+. The third-order valence-electron chi connectivity index (χ3n) is 6.40. The number of esters is 1. The van der Waals surface area contributed by atoms with Crippen LogP contribution in [0, 0.1) is 5.92 Å². The number of likely N-dealkylation sites (N-methyl/N-ethyl adjacent to an activating group) is 1. The van der Waals surface area contributed by atoms with E-state index >= 15 is 0 Å². The second-order valence-corrected chi connectivity index (χ2v) is 12.1. The fraction of sp³-hybridized carbons (Fsp3) is 0.844. The van der Waals surface area contributed by atoms with Crippen molar-refractivity contribution in [2.24, 2.45) is 5.92 Å². The average Bonchev–Trinajstić information content (AvgIpc) is 2.86. The number of aliphatic carboxylic acids is 3. The molecule has 2 unspecified atom stereocenters.